The van der Waals surface area contributed by atoms with Crippen molar-refractivity contribution in [1.82, 2.24) is 24.6 Å². The summed E-state index contributed by atoms with van der Waals surface area (Å²) in [6.07, 6.45) is 1.87. The topological polar surface area (TPSA) is 114 Å². The van der Waals surface area contributed by atoms with Crippen LogP contribution in [-0.4, -0.2) is 74.5 Å². The molecular formula is C28H28F2N8O2S. The molecule has 13 heteroatoms. The summed E-state index contributed by atoms with van der Waals surface area (Å²) in [7, 11) is 1.83. The summed E-state index contributed by atoms with van der Waals surface area (Å²) in [5, 5.41) is 25.7. The van der Waals surface area contributed by atoms with Gasteiger partial charge < -0.3 is 19.8 Å². The summed E-state index contributed by atoms with van der Waals surface area (Å²) < 4.78 is 30.7. The average molecular weight is 579 g/mol. The standard InChI is InChI=1S/C28H28F2N8O2S/c1-28(2,40)26(39)37-12-10-36(11-13-37)20-14-19-24(33-23(20)30)34-38(18-8-9-18)25(19)35(3)27-32-22(21(15-31)41-27)16-4-6-17(29)7-5-16/h4-7,14,18,40H,8-13H2,1-3H3. The van der Waals surface area contributed by atoms with Crippen LogP contribution < -0.4 is 9.80 Å². The third-order valence-corrected chi connectivity index (χ3v) is 8.40. The second-order valence-corrected chi connectivity index (χ2v) is 11.8. The summed E-state index contributed by atoms with van der Waals surface area (Å²) in [6.45, 7) is 4.37. The molecule has 10 nitrogen and oxygen atoms in total. The number of carbonyl (C=O) groups is 1. The molecule has 1 N–H and O–H groups in total. The van der Waals surface area contributed by atoms with Crippen molar-refractivity contribution < 1.29 is 18.7 Å². The summed E-state index contributed by atoms with van der Waals surface area (Å²) in [5.41, 5.74) is 0.202. The van der Waals surface area contributed by atoms with Gasteiger partial charge in [-0.2, -0.15) is 19.7 Å². The highest BCUT2D eigenvalue weighted by molar-refractivity contribution is 7.16. The Morgan fingerprint density at radius 2 is 1.83 bits per heavy atom. The lowest BCUT2D eigenvalue weighted by Gasteiger charge is -2.38. The number of anilines is 3. The van der Waals surface area contributed by atoms with Crippen LogP contribution in [0.4, 0.5) is 25.4 Å². The molecule has 4 heterocycles. The molecule has 2 fully saturated rings. The van der Waals surface area contributed by atoms with Crippen molar-refractivity contribution in [3.8, 4) is 17.3 Å². The second-order valence-electron chi connectivity index (χ2n) is 10.9. The summed E-state index contributed by atoms with van der Waals surface area (Å²) in [4.78, 5) is 27.1. The number of pyridine rings is 1. The Morgan fingerprint density at radius 3 is 2.44 bits per heavy atom. The Balaban J connectivity index is 1.36. The first kappa shape index (κ1) is 27.0. The van der Waals surface area contributed by atoms with Crippen LogP contribution in [0.25, 0.3) is 22.3 Å². The van der Waals surface area contributed by atoms with Crippen LogP contribution in [0.5, 0.6) is 0 Å². The van der Waals surface area contributed by atoms with Crippen LogP contribution in [0.3, 0.4) is 0 Å². The van der Waals surface area contributed by atoms with Crippen molar-refractivity contribution in [3.05, 3.63) is 47.0 Å². The Bertz CT molecular complexity index is 1680. The Labute approximate surface area is 239 Å². The summed E-state index contributed by atoms with van der Waals surface area (Å²) in [6, 6.07) is 9.93. The number of aromatic nitrogens is 4. The number of thiazole rings is 1. The van der Waals surface area contributed by atoms with Gasteiger partial charge in [0.05, 0.1) is 17.1 Å². The van der Waals surface area contributed by atoms with Gasteiger partial charge in [-0.05, 0) is 57.0 Å². The fourth-order valence-electron chi connectivity index (χ4n) is 5.07. The zero-order valence-electron chi connectivity index (χ0n) is 22.8. The van der Waals surface area contributed by atoms with Gasteiger partial charge in [-0.3, -0.25) is 4.79 Å². The monoisotopic (exact) mass is 578 g/mol. The van der Waals surface area contributed by atoms with Gasteiger partial charge in [0.2, 0.25) is 5.95 Å². The minimum atomic E-state index is -1.47. The van der Waals surface area contributed by atoms with E-state index in [2.05, 4.69) is 16.2 Å². The van der Waals surface area contributed by atoms with Crippen molar-refractivity contribution in [3.63, 3.8) is 0 Å². The first-order valence-electron chi connectivity index (χ1n) is 13.3. The Hall–Kier alpha value is -4.15. The zero-order chi connectivity index (χ0) is 29.1. The van der Waals surface area contributed by atoms with Crippen LogP contribution in [0.15, 0.2) is 30.3 Å². The molecular weight excluding hydrogens is 550 g/mol. The number of piperazine rings is 1. The van der Waals surface area contributed by atoms with Gasteiger partial charge >= 0.3 is 0 Å². The largest absolute Gasteiger partial charge is 0.381 e. The Morgan fingerprint density at radius 1 is 1.15 bits per heavy atom. The molecule has 0 unspecified atom stereocenters. The van der Waals surface area contributed by atoms with Crippen LogP contribution in [0.1, 0.15) is 37.6 Å². The highest BCUT2D eigenvalue weighted by Gasteiger charge is 2.34. The molecule has 0 spiro atoms. The normalized spacial score (nSPS) is 15.8. The lowest BCUT2D eigenvalue weighted by atomic mass is 10.1. The number of hydrogen-bond acceptors (Lipinski definition) is 9. The average Bonchev–Trinajstić information content (AvgIpc) is 3.60. The predicted molar refractivity (Wildman–Crippen MR) is 151 cm³/mol. The van der Waals surface area contributed by atoms with Crippen molar-refractivity contribution >= 4 is 44.9 Å². The first-order chi connectivity index (χ1) is 19.5. The maximum Gasteiger partial charge on any atom is 0.254 e. The maximum absolute atomic E-state index is 15.3. The predicted octanol–water partition coefficient (Wildman–Crippen LogP) is 4.23. The van der Waals surface area contributed by atoms with E-state index in [-0.39, 0.29) is 23.4 Å². The molecule has 1 amide bonds. The van der Waals surface area contributed by atoms with E-state index in [1.54, 1.807) is 23.1 Å². The molecule has 2 aliphatic rings. The number of fused-ring (bicyclic) bond motifs is 1. The molecule has 212 valence electrons. The van der Waals surface area contributed by atoms with Gasteiger partial charge in [-0.1, -0.05) is 11.3 Å². The van der Waals surface area contributed by atoms with Crippen molar-refractivity contribution in [2.24, 2.45) is 0 Å². The minimum absolute atomic E-state index is 0.150. The van der Waals surface area contributed by atoms with Crippen LogP contribution in [0.2, 0.25) is 0 Å². The van der Waals surface area contributed by atoms with Gasteiger partial charge in [0.25, 0.3) is 5.91 Å². The molecule has 3 aromatic heterocycles. The maximum atomic E-state index is 15.3. The number of carbonyl (C=O) groups excluding carboxylic acids is 1. The van der Waals surface area contributed by atoms with E-state index in [9.17, 15) is 19.6 Å². The highest BCUT2D eigenvalue weighted by Crippen LogP contribution is 2.44. The molecule has 1 aliphatic heterocycles. The third kappa shape index (κ3) is 4.98. The van der Waals surface area contributed by atoms with E-state index in [0.717, 1.165) is 12.8 Å². The highest BCUT2D eigenvalue weighted by atomic mass is 32.1. The van der Waals surface area contributed by atoms with Gasteiger partial charge in [-0.15, -0.1) is 0 Å². The number of aliphatic hydroxyl groups is 1. The first-order valence-corrected chi connectivity index (χ1v) is 14.1. The van der Waals surface area contributed by atoms with Crippen LogP contribution >= 0.6 is 11.3 Å². The molecule has 0 radical (unpaired) electrons. The summed E-state index contributed by atoms with van der Waals surface area (Å²) in [5.74, 6) is -0.688. The van der Waals surface area contributed by atoms with E-state index in [1.165, 1.54) is 37.3 Å². The number of rotatable bonds is 6. The zero-order valence-corrected chi connectivity index (χ0v) is 23.6. The minimum Gasteiger partial charge on any atom is -0.381 e. The lowest BCUT2D eigenvalue weighted by Crippen LogP contribution is -2.54. The number of halogens is 2. The molecule has 1 saturated heterocycles. The number of nitrogens with zero attached hydrogens (tertiary/aromatic N) is 8. The van der Waals surface area contributed by atoms with Crippen LogP contribution in [0, 0.1) is 23.1 Å². The van der Waals surface area contributed by atoms with Crippen LogP contribution in [-0.2, 0) is 4.79 Å². The van der Waals surface area contributed by atoms with Crippen molar-refractivity contribution in [1.29, 1.82) is 5.26 Å². The Kier molecular flexibility index (Phi) is 6.62. The SMILES string of the molecule is CN(c1nc(-c2ccc(F)cc2)c(C#N)s1)c1c2cc(N3CCN(C(=O)C(C)(C)O)CC3)c(F)nc2nn1C1CC1. The molecule has 1 aliphatic carbocycles. The smallest absolute Gasteiger partial charge is 0.254 e. The van der Waals surface area contributed by atoms with Crippen molar-refractivity contribution in [2.45, 2.75) is 38.3 Å². The van der Waals surface area contributed by atoms with E-state index in [1.807, 2.05) is 21.5 Å². The van der Waals surface area contributed by atoms with Gasteiger partial charge in [0.15, 0.2) is 10.8 Å². The molecule has 0 bridgehead atoms. The summed E-state index contributed by atoms with van der Waals surface area (Å²) >= 11 is 1.21. The molecule has 6 rings (SSSR count). The second kappa shape index (κ2) is 10.0. The number of benzene rings is 1. The number of amides is 1. The van der Waals surface area contributed by atoms with Gasteiger partial charge in [0.1, 0.15) is 33.9 Å². The quantitative estimate of drug-likeness (QED) is 0.338. The third-order valence-electron chi connectivity index (χ3n) is 7.36. The molecule has 4 aromatic rings. The molecule has 41 heavy (non-hydrogen) atoms. The number of nitriles is 1. The molecule has 0 atom stereocenters. The molecule has 1 aromatic carbocycles. The fourth-order valence-corrected chi connectivity index (χ4v) is 5.92. The van der Waals surface area contributed by atoms with Gasteiger partial charge in [-0.25, -0.2) is 14.1 Å². The van der Waals surface area contributed by atoms with Gasteiger partial charge in [0, 0.05) is 38.8 Å². The number of hydrogen-bond donors (Lipinski definition) is 1. The fraction of sp³-hybridized carbons (Fsp3) is 0.393. The van der Waals surface area contributed by atoms with E-state index in [0.29, 0.717) is 64.3 Å². The van der Waals surface area contributed by atoms with Crippen molar-refractivity contribution in [2.75, 3.05) is 43.0 Å². The molecule has 1 saturated carbocycles. The van der Waals surface area contributed by atoms with E-state index >= 15 is 4.39 Å². The van der Waals surface area contributed by atoms with E-state index in [4.69, 9.17) is 4.98 Å². The van der Waals surface area contributed by atoms with E-state index < -0.39 is 11.5 Å². The lowest BCUT2D eigenvalue weighted by molar-refractivity contribution is -0.148.